The predicted molar refractivity (Wildman–Crippen MR) is 97.3 cm³/mol. The second-order valence-corrected chi connectivity index (χ2v) is 7.80. The fraction of sp³-hybridized carbons (Fsp3) is 0.389. The maximum Gasteiger partial charge on any atom is 0.0637 e. The predicted octanol–water partition coefficient (Wildman–Crippen LogP) is 4.67. The number of halogens is 1. The zero-order chi connectivity index (χ0) is 15.8. The third kappa shape index (κ3) is 2.91. The number of thiophene rings is 1. The maximum atomic E-state index is 6.61. The van der Waals surface area contributed by atoms with Gasteiger partial charge in [-0.2, -0.15) is 5.10 Å². The molecule has 1 atom stereocenters. The first-order valence-electron chi connectivity index (χ1n) is 8.08. The molecule has 0 spiro atoms. The van der Waals surface area contributed by atoms with E-state index in [0.29, 0.717) is 5.92 Å². The molecule has 1 fully saturated rings. The van der Waals surface area contributed by atoms with Gasteiger partial charge in [-0.15, -0.1) is 11.3 Å². The number of piperidine rings is 1. The summed E-state index contributed by atoms with van der Waals surface area (Å²) in [4.78, 5) is 3.83. The molecule has 4 rings (SSSR count). The topological polar surface area (TPSA) is 21.1 Å². The van der Waals surface area contributed by atoms with Gasteiger partial charge in [-0.1, -0.05) is 29.8 Å². The Morgan fingerprint density at radius 3 is 2.96 bits per heavy atom. The molecule has 0 saturated carbocycles. The van der Waals surface area contributed by atoms with Crippen LogP contribution in [0.3, 0.4) is 0 Å². The first kappa shape index (κ1) is 15.2. The normalized spacial score (nSPS) is 19.5. The van der Waals surface area contributed by atoms with Crippen LogP contribution in [-0.4, -0.2) is 27.8 Å². The minimum Gasteiger partial charge on any atom is -0.298 e. The number of aromatic nitrogens is 2. The van der Waals surface area contributed by atoms with Crippen molar-refractivity contribution in [3.8, 4) is 0 Å². The fourth-order valence-electron chi connectivity index (χ4n) is 3.59. The summed E-state index contributed by atoms with van der Waals surface area (Å²) in [6.07, 6.45) is 4.38. The Kier molecular flexibility index (Phi) is 4.14. The lowest BCUT2D eigenvalue weighted by atomic mass is 9.94. The second-order valence-electron chi connectivity index (χ2n) is 6.29. The van der Waals surface area contributed by atoms with Crippen LogP contribution < -0.4 is 0 Å². The average molecular weight is 346 g/mol. The van der Waals surface area contributed by atoms with E-state index in [4.69, 9.17) is 11.6 Å². The van der Waals surface area contributed by atoms with E-state index >= 15 is 0 Å². The standard InChI is InChI=1S/C18H20ClN3S/c1-21-15(8-9-20-21)13-5-4-10-22(11-13)12-17-18(19)14-6-2-3-7-16(14)23-17/h2-3,6-9,13H,4-5,10-12H2,1H3. The average Bonchev–Trinajstić information content (AvgIpc) is 3.12. The van der Waals surface area contributed by atoms with Gasteiger partial charge in [0.05, 0.1) is 5.02 Å². The molecule has 0 radical (unpaired) electrons. The van der Waals surface area contributed by atoms with Crippen molar-refractivity contribution >= 4 is 33.0 Å². The van der Waals surface area contributed by atoms with Crippen molar-refractivity contribution in [1.82, 2.24) is 14.7 Å². The third-order valence-corrected chi connectivity index (χ3v) is 6.45. The van der Waals surface area contributed by atoms with Crippen LogP contribution in [0.5, 0.6) is 0 Å². The molecule has 5 heteroatoms. The van der Waals surface area contributed by atoms with Crippen LogP contribution in [-0.2, 0) is 13.6 Å². The Balaban J connectivity index is 1.54. The van der Waals surface area contributed by atoms with Crippen LogP contribution in [0.25, 0.3) is 10.1 Å². The lowest BCUT2D eigenvalue weighted by Gasteiger charge is -2.32. The quantitative estimate of drug-likeness (QED) is 0.688. The number of benzene rings is 1. The van der Waals surface area contributed by atoms with Crippen LogP contribution in [0.15, 0.2) is 36.5 Å². The van der Waals surface area contributed by atoms with Gasteiger partial charge in [0.25, 0.3) is 0 Å². The minimum atomic E-state index is 0.574. The van der Waals surface area contributed by atoms with Crippen molar-refractivity contribution in [3.05, 3.63) is 52.1 Å². The summed E-state index contributed by atoms with van der Waals surface area (Å²) in [5, 5.41) is 6.45. The molecule has 3 heterocycles. The highest BCUT2D eigenvalue weighted by Crippen LogP contribution is 2.37. The van der Waals surface area contributed by atoms with E-state index in [1.807, 2.05) is 29.3 Å². The molecule has 1 aliphatic heterocycles. The fourth-order valence-corrected chi connectivity index (χ4v) is 5.13. The molecule has 3 aromatic rings. The Labute approximate surface area is 145 Å². The number of hydrogen-bond acceptors (Lipinski definition) is 3. The van der Waals surface area contributed by atoms with Gasteiger partial charge in [-0.05, 0) is 31.5 Å². The zero-order valence-corrected chi connectivity index (χ0v) is 14.8. The number of fused-ring (bicyclic) bond motifs is 1. The summed E-state index contributed by atoms with van der Waals surface area (Å²) in [5.41, 5.74) is 1.34. The first-order valence-corrected chi connectivity index (χ1v) is 9.28. The monoisotopic (exact) mass is 345 g/mol. The molecule has 0 amide bonds. The largest absolute Gasteiger partial charge is 0.298 e. The van der Waals surface area contributed by atoms with Gasteiger partial charge in [-0.3, -0.25) is 9.58 Å². The van der Waals surface area contributed by atoms with Gasteiger partial charge in [0.1, 0.15) is 0 Å². The highest BCUT2D eigenvalue weighted by atomic mass is 35.5. The highest BCUT2D eigenvalue weighted by Gasteiger charge is 2.24. The smallest absolute Gasteiger partial charge is 0.0637 e. The van der Waals surface area contributed by atoms with E-state index in [1.165, 1.54) is 33.5 Å². The molecule has 1 aromatic carbocycles. The Hall–Kier alpha value is -1.36. The minimum absolute atomic E-state index is 0.574. The molecule has 0 bridgehead atoms. The lowest BCUT2D eigenvalue weighted by Crippen LogP contribution is -2.34. The molecule has 120 valence electrons. The van der Waals surface area contributed by atoms with Crippen molar-refractivity contribution in [2.75, 3.05) is 13.1 Å². The lowest BCUT2D eigenvalue weighted by molar-refractivity contribution is 0.198. The van der Waals surface area contributed by atoms with Gasteiger partial charge in [-0.25, -0.2) is 0 Å². The van der Waals surface area contributed by atoms with E-state index in [-0.39, 0.29) is 0 Å². The molecule has 1 saturated heterocycles. The van der Waals surface area contributed by atoms with Crippen molar-refractivity contribution in [1.29, 1.82) is 0 Å². The number of nitrogens with zero attached hydrogens (tertiary/aromatic N) is 3. The summed E-state index contributed by atoms with van der Waals surface area (Å²) < 4.78 is 3.30. The van der Waals surface area contributed by atoms with Gasteiger partial charge in [0.2, 0.25) is 0 Å². The van der Waals surface area contributed by atoms with Crippen LogP contribution in [0.4, 0.5) is 0 Å². The van der Waals surface area contributed by atoms with Gasteiger partial charge in [0.15, 0.2) is 0 Å². The van der Waals surface area contributed by atoms with Crippen molar-refractivity contribution in [2.45, 2.75) is 25.3 Å². The van der Waals surface area contributed by atoms with Crippen molar-refractivity contribution in [3.63, 3.8) is 0 Å². The molecule has 0 N–H and O–H groups in total. The SMILES string of the molecule is Cn1nccc1C1CCCN(Cc2sc3ccccc3c2Cl)C1. The Morgan fingerprint density at radius 2 is 2.17 bits per heavy atom. The van der Waals surface area contributed by atoms with Crippen molar-refractivity contribution in [2.24, 2.45) is 7.05 Å². The van der Waals surface area contributed by atoms with E-state index in [2.05, 4.69) is 40.3 Å². The summed E-state index contributed by atoms with van der Waals surface area (Å²) in [6.45, 7) is 3.19. The molecule has 0 aliphatic carbocycles. The van der Waals surface area contributed by atoms with Crippen LogP contribution in [0.1, 0.15) is 29.3 Å². The highest BCUT2D eigenvalue weighted by molar-refractivity contribution is 7.19. The summed E-state index contributed by atoms with van der Waals surface area (Å²) in [7, 11) is 2.04. The van der Waals surface area contributed by atoms with E-state index < -0.39 is 0 Å². The van der Waals surface area contributed by atoms with E-state index in [0.717, 1.165) is 24.7 Å². The Morgan fingerprint density at radius 1 is 1.30 bits per heavy atom. The number of likely N-dealkylation sites (tertiary alicyclic amines) is 1. The summed E-state index contributed by atoms with van der Waals surface area (Å²) >= 11 is 8.44. The second kappa shape index (κ2) is 6.27. The third-order valence-electron chi connectivity index (χ3n) is 4.75. The van der Waals surface area contributed by atoms with Gasteiger partial charge in [0, 0.05) is 52.9 Å². The summed E-state index contributed by atoms with van der Waals surface area (Å²) in [6, 6.07) is 10.6. The van der Waals surface area contributed by atoms with Crippen LogP contribution in [0.2, 0.25) is 5.02 Å². The summed E-state index contributed by atoms with van der Waals surface area (Å²) in [5.74, 6) is 0.574. The van der Waals surface area contributed by atoms with Gasteiger partial charge >= 0.3 is 0 Å². The van der Waals surface area contributed by atoms with Gasteiger partial charge < -0.3 is 0 Å². The van der Waals surface area contributed by atoms with Crippen molar-refractivity contribution < 1.29 is 0 Å². The molecular formula is C18H20ClN3S. The number of aryl methyl sites for hydroxylation is 1. The van der Waals surface area contributed by atoms with E-state index in [9.17, 15) is 0 Å². The Bertz CT molecular complexity index is 823. The van der Waals surface area contributed by atoms with E-state index in [1.54, 1.807) is 0 Å². The number of hydrogen-bond donors (Lipinski definition) is 0. The zero-order valence-electron chi connectivity index (χ0n) is 13.2. The number of rotatable bonds is 3. The first-order chi connectivity index (χ1) is 11.2. The molecule has 1 unspecified atom stereocenters. The van der Waals surface area contributed by atoms with Crippen LogP contribution in [0, 0.1) is 0 Å². The van der Waals surface area contributed by atoms with Crippen LogP contribution >= 0.6 is 22.9 Å². The molecule has 2 aromatic heterocycles. The molecule has 1 aliphatic rings. The molecule has 3 nitrogen and oxygen atoms in total. The maximum absolute atomic E-state index is 6.61. The molecule has 23 heavy (non-hydrogen) atoms. The molecular weight excluding hydrogens is 326 g/mol.